The first-order valence-corrected chi connectivity index (χ1v) is 8.34. The van der Waals surface area contributed by atoms with Gasteiger partial charge in [-0.1, -0.05) is 18.2 Å². The molecule has 0 spiro atoms. The molecule has 1 fully saturated rings. The second kappa shape index (κ2) is 6.99. The maximum Gasteiger partial charge on any atom is 0.344 e. The topological polar surface area (TPSA) is 108 Å². The number of ether oxygens (including phenoxy) is 4. The monoisotopic (exact) mass is 389 g/mol. The minimum absolute atomic E-state index is 0.0106. The zero-order valence-electron chi connectivity index (χ0n) is 15.8. The first-order valence-electron chi connectivity index (χ1n) is 8.34. The largest absolute Gasteiger partial charge is 0.468 e. The summed E-state index contributed by atoms with van der Waals surface area (Å²) in [5.74, 6) is -4.13. The number of carbonyl (C=O) groups excluding carboxylic acids is 4. The van der Waals surface area contributed by atoms with E-state index >= 15 is 0 Å². The van der Waals surface area contributed by atoms with Gasteiger partial charge in [-0.15, -0.1) is 0 Å². The molecule has 0 aliphatic carbocycles. The van der Waals surface area contributed by atoms with Crippen LogP contribution in [0.15, 0.2) is 35.5 Å². The SMILES string of the molecule is COC(=O)C1=C2CC(C(=O)OC)(C(=O)OC)N2c2ccccc2C1C(=O)OC. The van der Waals surface area contributed by atoms with E-state index in [1.807, 2.05) is 0 Å². The molecule has 9 nitrogen and oxygen atoms in total. The Labute approximate surface area is 160 Å². The molecule has 3 rings (SSSR count). The molecule has 0 radical (unpaired) electrons. The van der Waals surface area contributed by atoms with Gasteiger partial charge in [-0.2, -0.15) is 0 Å². The van der Waals surface area contributed by atoms with Gasteiger partial charge in [0, 0.05) is 17.8 Å². The van der Waals surface area contributed by atoms with Gasteiger partial charge in [-0.05, 0) is 11.6 Å². The van der Waals surface area contributed by atoms with E-state index in [1.54, 1.807) is 24.3 Å². The van der Waals surface area contributed by atoms with Crippen LogP contribution in [0.4, 0.5) is 5.69 Å². The van der Waals surface area contributed by atoms with E-state index in [0.29, 0.717) is 16.9 Å². The molecule has 0 N–H and O–H groups in total. The van der Waals surface area contributed by atoms with Gasteiger partial charge in [0.1, 0.15) is 5.92 Å². The Hall–Kier alpha value is -3.36. The number of anilines is 1. The Morgan fingerprint density at radius 1 is 0.929 bits per heavy atom. The lowest BCUT2D eigenvalue weighted by Gasteiger charge is -2.54. The van der Waals surface area contributed by atoms with Crippen LogP contribution < -0.4 is 4.90 Å². The van der Waals surface area contributed by atoms with E-state index in [9.17, 15) is 19.2 Å². The lowest BCUT2D eigenvalue weighted by Crippen LogP contribution is -2.70. The highest BCUT2D eigenvalue weighted by molar-refractivity contribution is 6.15. The van der Waals surface area contributed by atoms with Crippen molar-refractivity contribution in [1.29, 1.82) is 0 Å². The zero-order chi connectivity index (χ0) is 20.6. The van der Waals surface area contributed by atoms with Crippen LogP contribution in [0, 0.1) is 0 Å². The quantitative estimate of drug-likeness (QED) is 0.417. The van der Waals surface area contributed by atoms with Crippen LogP contribution >= 0.6 is 0 Å². The van der Waals surface area contributed by atoms with Crippen LogP contribution in [0.25, 0.3) is 0 Å². The van der Waals surface area contributed by atoms with Gasteiger partial charge in [-0.3, -0.25) is 4.79 Å². The summed E-state index contributed by atoms with van der Waals surface area (Å²) in [5.41, 5.74) is -0.679. The number of hydrogen-bond donors (Lipinski definition) is 0. The predicted octanol–water partition coefficient (Wildman–Crippen LogP) is 0.679. The number of carbonyl (C=O) groups is 4. The Bertz CT molecular complexity index is 887. The molecule has 1 aromatic rings. The van der Waals surface area contributed by atoms with Gasteiger partial charge in [-0.25, -0.2) is 14.4 Å². The lowest BCUT2D eigenvalue weighted by atomic mass is 9.71. The van der Waals surface area contributed by atoms with Crippen molar-refractivity contribution in [2.45, 2.75) is 17.9 Å². The second-order valence-corrected chi connectivity index (χ2v) is 6.22. The highest BCUT2D eigenvalue weighted by atomic mass is 16.6. The van der Waals surface area contributed by atoms with Crippen molar-refractivity contribution in [3.63, 3.8) is 0 Å². The predicted molar refractivity (Wildman–Crippen MR) is 94.1 cm³/mol. The number of methoxy groups -OCH3 is 4. The smallest absolute Gasteiger partial charge is 0.344 e. The number of esters is 4. The summed E-state index contributed by atoms with van der Waals surface area (Å²) in [7, 11) is 4.71. The van der Waals surface area contributed by atoms with Gasteiger partial charge >= 0.3 is 23.9 Å². The molecule has 0 aromatic heterocycles. The van der Waals surface area contributed by atoms with Crippen LogP contribution in [-0.4, -0.2) is 57.9 Å². The molecule has 1 unspecified atom stereocenters. The van der Waals surface area contributed by atoms with Crippen LogP contribution in [0.5, 0.6) is 0 Å². The molecule has 0 bridgehead atoms. The third-order valence-corrected chi connectivity index (χ3v) is 5.05. The summed E-state index contributed by atoms with van der Waals surface area (Å²) in [6, 6.07) is 6.62. The summed E-state index contributed by atoms with van der Waals surface area (Å²) in [6.45, 7) is 0. The maximum absolute atomic E-state index is 12.6. The number of para-hydroxylation sites is 1. The molecule has 1 saturated heterocycles. The van der Waals surface area contributed by atoms with Crippen LogP contribution in [0.2, 0.25) is 0 Å². The average molecular weight is 389 g/mol. The molecule has 9 heteroatoms. The first-order chi connectivity index (χ1) is 13.4. The highest BCUT2D eigenvalue weighted by Crippen LogP contribution is 2.54. The minimum atomic E-state index is -1.80. The third kappa shape index (κ3) is 2.39. The lowest BCUT2D eigenvalue weighted by molar-refractivity contribution is -0.163. The van der Waals surface area contributed by atoms with Gasteiger partial charge in [0.25, 0.3) is 0 Å². The molecule has 0 saturated carbocycles. The highest BCUT2D eigenvalue weighted by Gasteiger charge is 2.66. The Kier molecular flexibility index (Phi) is 4.84. The summed E-state index contributed by atoms with van der Waals surface area (Å²) in [6.07, 6.45) is -0.182. The summed E-state index contributed by atoms with van der Waals surface area (Å²) in [5, 5.41) is 0. The Morgan fingerprint density at radius 2 is 1.54 bits per heavy atom. The van der Waals surface area contributed by atoms with Crippen molar-refractivity contribution in [2.75, 3.05) is 33.3 Å². The van der Waals surface area contributed by atoms with E-state index < -0.39 is 35.3 Å². The molecule has 2 heterocycles. The Balaban J connectivity index is 2.31. The van der Waals surface area contributed by atoms with Gasteiger partial charge in [0.15, 0.2) is 0 Å². The van der Waals surface area contributed by atoms with E-state index in [0.717, 1.165) is 14.2 Å². The van der Waals surface area contributed by atoms with Crippen molar-refractivity contribution < 1.29 is 38.1 Å². The third-order valence-electron chi connectivity index (χ3n) is 5.05. The van der Waals surface area contributed by atoms with E-state index in [4.69, 9.17) is 18.9 Å². The maximum atomic E-state index is 12.6. The van der Waals surface area contributed by atoms with Gasteiger partial charge in [0.2, 0.25) is 5.54 Å². The molecule has 2 aliphatic rings. The van der Waals surface area contributed by atoms with Gasteiger partial charge < -0.3 is 23.8 Å². The van der Waals surface area contributed by atoms with Crippen LogP contribution in [-0.2, 0) is 38.1 Å². The normalized spacial score (nSPS) is 18.9. The molecular weight excluding hydrogens is 370 g/mol. The van der Waals surface area contributed by atoms with Crippen molar-refractivity contribution in [3.8, 4) is 0 Å². The van der Waals surface area contributed by atoms with Crippen molar-refractivity contribution in [3.05, 3.63) is 41.1 Å². The fraction of sp³-hybridized carbons (Fsp3) is 0.368. The molecule has 1 aromatic carbocycles. The number of nitrogens with zero attached hydrogens (tertiary/aromatic N) is 1. The molecular formula is C19H19NO8. The first kappa shape index (κ1) is 19.4. The molecule has 2 aliphatic heterocycles. The average Bonchev–Trinajstić information content (AvgIpc) is 2.71. The number of hydrogen-bond acceptors (Lipinski definition) is 9. The second-order valence-electron chi connectivity index (χ2n) is 6.22. The fourth-order valence-electron chi connectivity index (χ4n) is 3.82. The molecule has 1 atom stereocenters. The number of fused-ring (bicyclic) bond motifs is 3. The van der Waals surface area contributed by atoms with E-state index in [1.165, 1.54) is 19.1 Å². The molecule has 0 amide bonds. The fourth-order valence-corrected chi connectivity index (χ4v) is 3.82. The van der Waals surface area contributed by atoms with Crippen molar-refractivity contribution in [1.82, 2.24) is 0 Å². The summed E-state index contributed by atoms with van der Waals surface area (Å²) < 4.78 is 19.4. The van der Waals surface area contributed by atoms with E-state index in [-0.39, 0.29) is 12.0 Å². The zero-order valence-corrected chi connectivity index (χ0v) is 15.8. The standard InChI is InChI=1S/C19H19NO8/c1-25-15(21)13-10-7-5-6-8-11(10)20-12(14(13)16(22)26-2)9-19(20,17(23)27-3)18(24)28-4/h5-8,13H,9H2,1-4H3. The van der Waals surface area contributed by atoms with Crippen LogP contribution in [0.1, 0.15) is 17.9 Å². The summed E-state index contributed by atoms with van der Waals surface area (Å²) in [4.78, 5) is 51.6. The van der Waals surface area contributed by atoms with Crippen molar-refractivity contribution in [2.24, 2.45) is 0 Å². The minimum Gasteiger partial charge on any atom is -0.468 e. The van der Waals surface area contributed by atoms with Gasteiger partial charge in [0.05, 0.1) is 34.0 Å². The summed E-state index contributed by atoms with van der Waals surface area (Å²) >= 11 is 0. The number of benzene rings is 1. The molecule has 28 heavy (non-hydrogen) atoms. The van der Waals surface area contributed by atoms with E-state index in [2.05, 4.69) is 0 Å². The van der Waals surface area contributed by atoms with Crippen molar-refractivity contribution >= 4 is 29.6 Å². The molecule has 148 valence electrons. The van der Waals surface area contributed by atoms with Crippen LogP contribution in [0.3, 0.4) is 0 Å². The Morgan fingerprint density at radius 3 is 2.07 bits per heavy atom. The number of rotatable bonds is 4.